The molecule has 0 bridgehead atoms. The van der Waals surface area contributed by atoms with Crippen molar-refractivity contribution in [2.75, 3.05) is 23.9 Å². The fourth-order valence-electron chi connectivity index (χ4n) is 3.87. The second-order valence-electron chi connectivity index (χ2n) is 7.62. The molecule has 3 heterocycles. The van der Waals surface area contributed by atoms with E-state index in [0.29, 0.717) is 16.3 Å². The van der Waals surface area contributed by atoms with Gasteiger partial charge in [-0.25, -0.2) is 4.98 Å². The molecule has 0 saturated carbocycles. The number of para-hydroxylation sites is 1. The van der Waals surface area contributed by atoms with Crippen LogP contribution in [0, 0.1) is 0 Å². The zero-order valence-corrected chi connectivity index (χ0v) is 18.2. The van der Waals surface area contributed by atoms with Gasteiger partial charge in [0, 0.05) is 36.7 Å². The Balaban J connectivity index is 1.64. The van der Waals surface area contributed by atoms with Gasteiger partial charge >= 0.3 is 0 Å². The van der Waals surface area contributed by atoms with Crippen molar-refractivity contribution in [3.8, 4) is 0 Å². The third-order valence-electron chi connectivity index (χ3n) is 5.45. The highest BCUT2D eigenvalue weighted by molar-refractivity contribution is 7.13. The molecule has 8 heteroatoms. The highest BCUT2D eigenvalue weighted by atomic mass is 32.1. The standard InChI is InChI=1S/C24H19N3O4S/c1-26(2)16-9-7-14(8-10-16)20-19(22(29)23(30)27(20)24-25-11-12-32-24)21(28)18-13-15-5-3-4-6-17(15)31-18/h3-13,20,29H,1-2H3. The Morgan fingerprint density at radius 3 is 2.56 bits per heavy atom. The molecule has 160 valence electrons. The molecule has 0 radical (unpaired) electrons. The van der Waals surface area contributed by atoms with E-state index in [1.54, 1.807) is 23.7 Å². The molecule has 32 heavy (non-hydrogen) atoms. The molecule has 1 amide bonds. The Hall–Kier alpha value is -3.91. The third kappa shape index (κ3) is 3.16. The predicted molar refractivity (Wildman–Crippen MR) is 123 cm³/mol. The van der Waals surface area contributed by atoms with Gasteiger partial charge in [0.2, 0.25) is 5.78 Å². The summed E-state index contributed by atoms with van der Waals surface area (Å²) in [6.07, 6.45) is 1.58. The van der Waals surface area contributed by atoms with E-state index in [1.807, 2.05) is 61.5 Å². The average molecular weight is 446 g/mol. The normalized spacial score (nSPS) is 16.2. The van der Waals surface area contributed by atoms with Crippen molar-refractivity contribution in [3.05, 3.63) is 88.8 Å². The summed E-state index contributed by atoms with van der Waals surface area (Å²) in [7, 11) is 3.86. The lowest BCUT2D eigenvalue weighted by Gasteiger charge is -2.24. The fourth-order valence-corrected chi connectivity index (χ4v) is 4.53. The number of hydrogen-bond donors (Lipinski definition) is 1. The molecule has 1 aliphatic heterocycles. The van der Waals surface area contributed by atoms with Gasteiger partial charge in [0.1, 0.15) is 5.58 Å². The quantitative estimate of drug-likeness (QED) is 0.447. The van der Waals surface area contributed by atoms with Crippen LogP contribution in [-0.4, -0.2) is 35.9 Å². The maximum absolute atomic E-state index is 13.5. The number of aliphatic hydroxyl groups excluding tert-OH is 1. The van der Waals surface area contributed by atoms with Crippen LogP contribution in [0.5, 0.6) is 0 Å². The van der Waals surface area contributed by atoms with Gasteiger partial charge in [0.05, 0.1) is 11.6 Å². The molecule has 7 nitrogen and oxygen atoms in total. The second kappa shape index (κ2) is 7.65. The number of rotatable bonds is 5. The number of fused-ring (bicyclic) bond motifs is 1. The first-order chi connectivity index (χ1) is 15.5. The van der Waals surface area contributed by atoms with Crippen molar-refractivity contribution < 1.29 is 19.1 Å². The van der Waals surface area contributed by atoms with Gasteiger partial charge in [-0.1, -0.05) is 30.3 Å². The molecule has 1 aliphatic rings. The van der Waals surface area contributed by atoms with Crippen molar-refractivity contribution in [1.29, 1.82) is 0 Å². The fraction of sp³-hybridized carbons (Fsp3) is 0.125. The molecule has 0 fully saturated rings. The zero-order chi connectivity index (χ0) is 22.4. The molecule has 1 unspecified atom stereocenters. The number of aliphatic hydroxyl groups is 1. The first-order valence-corrected chi connectivity index (χ1v) is 10.8. The van der Waals surface area contributed by atoms with Gasteiger partial charge in [-0.15, -0.1) is 11.3 Å². The van der Waals surface area contributed by atoms with Gasteiger partial charge in [-0.3, -0.25) is 14.5 Å². The highest BCUT2D eigenvalue weighted by Crippen LogP contribution is 2.43. The Labute approximate surface area is 187 Å². The lowest BCUT2D eigenvalue weighted by molar-refractivity contribution is -0.117. The number of amides is 1. The van der Waals surface area contributed by atoms with E-state index >= 15 is 0 Å². The predicted octanol–water partition coefficient (Wildman–Crippen LogP) is 4.74. The van der Waals surface area contributed by atoms with Gasteiger partial charge < -0.3 is 14.4 Å². The minimum Gasteiger partial charge on any atom is -0.503 e. The number of hydrogen-bond acceptors (Lipinski definition) is 7. The molecule has 2 aromatic heterocycles. The van der Waals surface area contributed by atoms with E-state index < -0.39 is 23.5 Å². The summed E-state index contributed by atoms with van der Waals surface area (Å²) in [4.78, 5) is 34.2. The topological polar surface area (TPSA) is 86.9 Å². The van der Waals surface area contributed by atoms with E-state index in [9.17, 15) is 14.7 Å². The number of anilines is 2. The summed E-state index contributed by atoms with van der Waals surface area (Å²) in [5.74, 6) is -1.72. The third-order valence-corrected chi connectivity index (χ3v) is 6.22. The minimum atomic E-state index is -0.828. The Morgan fingerprint density at radius 2 is 1.91 bits per heavy atom. The van der Waals surface area contributed by atoms with Crippen molar-refractivity contribution >= 4 is 44.8 Å². The van der Waals surface area contributed by atoms with Crippen LogP contribution in [-0.2, 0) is 4.79 Å². The molecule has 0 spiro atoms. The molecule has 4 aromatic rings. The lowest BCUT2D eigenvalue weighted by Crippen LogP contribution is -2.31. The maximum atomic E-state index is 13.5. The minimum absolute atomic E-state index is 0.0261. The van der Waals surface area contributed by atoms with E-state index in [2.05, 4.69) is 4.98 Å². The number of nitrogens with zero attached hydrogens (tertiary/aromatic N) is 3. The number of Topliss-reactive ketones (excluding diaryl/α,β-unsaturated/α-hetero) is 1. The summed E-state index contributed by atoms with van der Waals surface area (Å²) < 4.78 is 5.74. The highest BCUT2D eigenvalue weighted by Gasteiger charge is 2.46. The Morgan fingerprint density at radius 1 is 1.16 bits per heavy atom. The molecule has 1 atom stereocenters. The number of furan rings is 1. The van der Waals surface area contributed by atoms with Crippen molar-refractivity contribution in [1.82, 2.24) is 4.98 Å². The van der Waals surface area contributed by atoms with Crippen LogP contribution in [0.25, 0.3) is 11.0 Å². The number of ketones is 1. The van der Waals surface area contributed by atoms with Crippen molar-refractivity contribution in [2.45, 2.75) is 6.04 Å². The average Bonchev–Trinajstić information content (AvgIpc) is 3.52. The van der Waals surface area contributed by atoms with Crippen LogP contribution in [0.1, 0.15) is 22.2 Å². The number of carbonyl (C=O) groups excluding carboxylic acids is 2. The van der Waals surface area contributed by atoms with Crippen LogP contribution in [0.3, 0.4) is 0 Å². The van der Waals surface area contributed by atoms with Gasteiger partial charge in [0.15, 0.2) is 16.7 Å². The number of benzene rings is 2. The summed E-state index contributed by atoms with van der Waals surface area (Å²) in [6, 6.07) is 15.6. The first kappa shape index (κ1) is 20.0. The Kier molecular flexibility index (Phi) is 4.79. The van der Waals surface area contributed by atoms with E-state index in [4.69, 9.17) is 4.42 Å². The Bertz CT molecular complexity index is 1320. The summed E-state index contributed by atoms with van der Waals surface area (Å²) in [6.45, 7) is 0. The van der Waals surface area contributed by atoms with Crippen LogP contribution >= 0.6 is 11.3 Å². The van der Waals surface area contributed by atoms with Crippen LogP contribution in [0.15, 0.2) is 81.9 Å². The second-order valence-corrected chi connectivity index (χ2v) is 8.49. The summed E-state index contributed by atoms with van der Waals surface area (Å²) in [5, 5.41) is 13.7. The van der Waals surface area contributed by atoms with Crippen LogP contribution in [0.2, 0.25) is 0 Å². The van der Waals surface area contributed by atoms with E-state index in [-0.39, 0.29) is 11.3 Å². The SMILES string of the molecule is CN(C)c1ccc(C2C(C(=O)c3cc4ccccc4o3)=C(O)C(=O)N2c2nccs2)cc1. The number of aromatic nitrogens is 1. The number of thiazole rings is 1. The lowest BCUT2D eigenvalue weighted by atomic mass is 9.95. The van der Waals surface area contributed by atoms with Gasteiger partial charge in [0.25, 0.3) is 5.91 Å². The molecule has 1 N–H and O–H groups in total. The smallest absolute Gasteiger partial charge is 0.296 e. The maximum Gasteiger partial charge on any atom is 0.296 e. The largest absolute Gasteiger partial charge is 0.503 e. The van der Waals surface area contributed by atoms with E-state index in [0.717, 1.165) is 11.1 Å². The molecule has 0 aliphatic carbocycles. The molecule has 5 rings (SSSR count). The molecular formula is C24H19N3O4S. The molecule has 2 aromatic carbocycles. The van der Waals surface area contributed by atoms with E-state index in [1.165, 1.54) is 16.2 Å². The van der Waals surface area contributed by atoms with Crippen molar-refractivity contribution in [2.24, 2.45) is 0 Å². The van der Waals surface area contributed by atoms with Crippen molar-refractivity contribution in [3.63, 3.8) is 0 Å². The molecular weight excluding hydrogens is 426 g/mol. The van der Waals surface area contributed by atoms with Gasteiger partial charge in [-0.2, -0.15) is 0 Å². The first-order valence-electron chi connectivity index (χ1n) is 9.92. The summed E-state index contributed by atoms with van der Waals surface area (Å²) >= 11 is 1.26. The monoisotopic (exact) mass is 445 g/mol. The van der Waals surface area contributed by atoms with Crippen LogP contribution < -0.4 is 9.80 Å². The van der Waals surface area contributed by atoms with Gasteiger partial charge in [-0.05, 0) is 29.8 Å². The zero-order valence-electron chi connectivity index (χ0n) is 17.4. The number of carbonyl (C=O) groups is 2. The summed E-state index contributed by atoms with van der Waals surface area (Å²) in [5.41, 5.74) is 2.19. The van der Waals surface area contributed by atoms with Crippen LogP contribution in [0.4, 0.5) is 10.8 Å². The molecule has 0 saturated heterocycles.